The van der Waals surface area contributed by atoms with Crippen LogP contribution in [-0.4, -0.2) is 16.5 Å². The van der Waals surface area contributed by atoms with Crippen LogP contribution in [0.5, 0.6) is 0 Å². The largest absolute Gasteiger partial charge is 0.311 e. The van der Waals surface area contributed by atoms with Gasteiger partial charge in [-0.25, -0.2) is 9.97 Å². The van der Waals surface area contributed by atoms with Crippen LogP contribution in [0.2, 0.25) is 0 Å². The SMILES string of the molecule is Cc1nccc(CNCCc2ccccc2)n1. The van der Waals surface area contributed by atoms with Gasteiger partial charge < -0.3 is 5.32 Å². The third-order valence-electron chi connectivity index (χ3n) is 2.57. The lowest BCUT2D eigenvalue weighted by molar-refractivity contribution is 0.671. The molecule has 0 radical (unpaired) electrons. The molecule has 0 bridgehead atoms. The summed E-state index contributed by atoms with van der Waals surface area (Å²) in [6.07, 6.45) is 2.85. The normalized spacial score (nSPS) is 10.4. The molecule has 1 heterocycles. The van der Waals surface area contributed by atoms with E-state index >= 15 is 0 Å². The first-order valence-corrected chi connectivity index (χ1v) is 5.88. The van der Waals surface area contributed by atoms with E-state index in [1.807, 2.05) is 19.1 Å². The van der Waals surface area contributed by atoms with Gasteiger partial charge >= 0.3 is 0 Å². The number of benzene rings is 1. The summed E-state index contributed by atoms with van der Waals surface area (Å²) in [5.41, 5.74) is 2.41. The van der Waals surface area contributed by atoms with E-state index in [1.54, 1.807) is 6.20 Å². The molecule has 0 aliphatic rings. The van der Waals surface area contributed by atoms with Gasteiger partial charge in [0.15, 0.2) is 0 Å². The van der Waals surface area contributed by atoms with Crippen molar-refractivity contribution >= 4 is 0 Å². The Morgan fingerprint density at radius 1 is 1.12 bits per heavy atom. The molecule has 3 heteroatoms. The molecule has 2 aromatic rings. The van der Waals surface area contributed by atoms with E-state index in [0.29, 0.717) is 0 Å². The van der Waals surface area contributed by atoms with Gasteiger partial charge in [0.05, 0.1) is 5.69 Å². The summed E-state index contributed by atoms with van der Waals surface area (Å²) in [5, 5.41) is 3.39. The van der Waals surface area contributed by atoms with Gasteiger partial charge in [0.25, 0.3) is 0 Å². The Kier molecular flexibility index (Phi) is 4.22. The van der Waals surface area contributed by atoms with Gasteiger partial charge in [-0.3, -0.25) is 0 Å². The molecule has 3 nitrogen and oxygen atoms in total. The first-order chi connectivity index (χ1) is 8.34. The molecule has 0 aliphatic heterocycles. The summed E-state index contributed by atoms with van der Waals surface area (Å²) in [6, 6.07) is 12.4. The molecule has 1 aromatic heterocycles. The maximum Gasteiger partial charge on any atom is 0.125 e. The number of aromatic nitrogens is 2. The predicted molar refractivity (Wildman–Crippen MR) is 68.6 cm³/mol. The topological polar surface area (TPSA) is 37.8 Å². The maximum absolute atomic E-state index is 4.34. The van der Waals surface area contributed by atoms with E-state index in [9.17, 15) is 0 Å². The molecule has 0 saturated carbocycles. The van der Waals surface area contributed by atoms with E-state index in [2.05, 4.69) is 39.6 Å². The monoisotopic (exact) mass is 227 g/mol. The summed E-state index contributed by atoms with van der Waals surface area (Å²) in [7, 11) is 0. The summed E-state index contributed by atoms with van der Waals surface area (Å²) in [5.74, 6) is 0.826. The number of rotatable bonds is 5. The van der Waals surface area contributed by atoms with E-state index in [-0.39, 0.29) is 0 Å². The van der Waals surface area contributed by atoms with Crippen molar-refractivity contribution in [3.05, 3.63) is 59.7 Å². The van der Waals surface area contributed by atoms with Crippen LogP contribution in [0.25, 0.3) is 0 Å². The molecule has 0 atom stereocenters. The zero-order valence-electron chi connectivity index (χ0n) is 10.1. The molecule has 17 heavy (non-hydrogen) atoms. The molecule has 1 N–H and O–H groups in total. The fourth-order valence-electron chi connectivity index (χ4n) is 1.70. The third-order valence-corrected chi connectivity index (χ3v) is 2.57. The highest BCUT2D eigenvalue weighted by atomic mass is 14.9. The van der Waals surface area contributed by atoms with E-state index in [1.165, 1.54) is 5.56 Å². The van der Waals surface area contributed by atoms with Crippen molar-refractivity contribution in [3.63, 3.8) is 0 Å². The van der Waals surface area contributed by atoms with Crippen molar-refractivity contribution in [3.8, 4) is 0 Å². The number of hydrogen-bond acceptors (Lipinski definition) is 3. The number of nitrogens with one attached hydrogen (secondary N) is 1. The Balaban J connectivity index is 1.73. The summed E-state index contributed by atoms with van der Waals surface area (Å²) in [4.78, 5) is 8.42. The van der Waals surface area contributed by atoms with Crippen molar-refractivity contribution in [1.29, 1.82) is 0 Å². The smallest absolute Gasteiger partial charge is 0.125 e. The Morgan fingerprint density at radius 3 is 2.71 bits per heavy atom. The van der Waals surface area contributed by atoms with Crippen molar-refractivity contribution in [2.45, 2.75) is 19.9 Å². The van der Waals surface area contributed by atoms with Crippen LogP contribution in [0.4, 0.5) is 0 Å². The molecule has 0 spiro atoms. The van der Waals surface area contributed by atoms with Crippen LogP contribution in [0.3, 0.4) is 0 Å². The minimum absolute atomic E-state index is 0.802. The molecular formula is C14H17N3. The van der Waals surface area contributed by atoms with Gasteiger partial charge in [0.1, 0.15) is 5.82 Å². The minimum Gasteiger partial charge on any atom is -0.311 e. The lowest BCUT2D eigenvalue weighted by Gasteiger charge is -2.04. The third kappa shape index (κ3) is 3.96. The van der Waals surface area contributed by atoms with Crippen LogP contribution in [0, 0.1) is 6.92 Å². The summed E-state index contributed by atoms with van der Waals surface area (Å²) < 4.78 is 0. The average Bonchev–Trinajstić information content (AvgIpc) is 2.36. The van der Waals surface area contributed by atoms with Gasteiger partial charge in [-0.1, -0.05) is 30.3 Å². The molecule has 0 saturated heterocycles. The van der Waals surface area contributed by atoms with Gasteiger partial charge in [0, 0.05) is 12.7 Å². The minimum atomic E-state index is 0.802. The zero-order chi connectivity index (χ0) is 11.9. The highest BCUT2D eigenvalue weighted by Crippen LogP contribution is 1.99. The van der Waals surface area contributed by atoms with Crippen LogP contribution < -0.4 is 5.32 Å². The Morgan fingerprint density at radius 2 is 1.94 bits per heavy atom. The second kappa shape index (κ2) is 6.11. The fraction of sp³-hybridized carbons (Fsp3) is 0.286. The van der Waals surface area contributed by atoms with Crippen LogP contribution in [-0.2, 0) is 13.0 Å². The highest BCUT2D eigenvalue weighted by Gasteiger charge is 1.95. The second-order valence-electron chi connectivity index (χ2n) is 4.01. The first-order valence-electron chi connectivity index (χ1n) is 5.88. The van der Waals surface area contributed by atoms with Crippen LogP contribution >= 0.6 is 0 Å². The molecule has 0 amide bonds. The number of nitrogens with zero attached hydrogens (tertiary/aromatic N) is 2. The molecule has 0 fully saturated rings. The predicted octanol–water partition coefficient (Wildman–Crippen LogP) is 2.12. The van der Waals surface area contributed by atoms with E-state index in [4.69, 9.17) is 0 Å². The average molecular weight is 227 g/mol. The zero-order valence-corrected chi connectivity index (χ0v) is 10.1. The Labute approximate surface area is 102 Å². The quantitative estimate of drug-likeness (QED) is 0.795. The molecule has 2 rings (SSSR count). The van der Waals surface area contributed by atoms with Gasteiger partial charge in [-0.15, -0.1) is 0 Å². The molecule has 0 unspecified atom stereocenters. The summed E-state index contributed by atoms with van der Waals surface area (Å²) in [6.45, 7) is 3.68. The van der Waals surface area contributed by atoms with Crippen molar-refractivity contribution in [2.75, 3.05) is 6.54 Å². The Hall–Kier alpha value is -1.74. The number of aryl methyl sites for hydroxylation is 1. The molecule has 88 valence electrons. The number of hydrogen-bond donors (Lipinski definition) is 1. The van der Waals surface area contributed by atoms with Gasteiger partial charge in [-0.05, 0) is 31.5 Å². The van der Waals surface area contributed by atoms with Gasteiger partial charge in [0.2, 0.25) is 0 Å². The first kappa shape index (κ1) is 11.7. The molecule has 1 aromatic carbocycles. The van der Waals surface area contributed by atoms with Crippen molar-refractivity contribution < 1.29 is 0 Å². The maximum atomic E-state index is 4.34. The lowest BCUT2D eigenvalue weighted by atomic mass is 10.1. The lowest BCUT2D eigenvalue weighted by Crippen LogP contribution is -2.17. The van der Waals surface area contributed by atoms with Crippen molar-refractivity contribution in [2.24, 2.45) is 0 Å². The standard InChI is InChI=1S/C14H17N3/c1-12-16-10-8-14(17-12)11-15-9-7-13-5-3-2-4-6-13/h2-6,8,10,15H,7,9,11H2,1H3. The van der Waals surface area contributed by atoms with Crippen molar-refractivity contribution in [1.82, 2.24) is 15.3 Å². The van der Waals surface area contributed by atoms with Crippen LogP contribution in [0.1, 0.15) is 17.1 Å². The second-order valence-corrected chi connectivity index (χ2v) is 4.01. The fourth-order valence-corrected chi connectivity index (χ4v) is 1.70. The van der Waals surface area contributed by atoms with Gasteiger partial charge in [-0.2, -0.15) is 0 Å². The molecular weight excluding hydrogens is 210 g/mol. The summed E-state index contributed by atoms with van der Waals surface area (Å²) >= 11 is 0. The van der Waals surface area contributed by atoms with E-state index < -0.39 is 0 Å². The Bertz CT molecular complexity index is 454. The van der Waals surface area contributed by atoms with Crippen LogP contribution in [0.15, 0.2) is 42.6 Å². The highest BCUT2D eigenvalue weighted by molar-refractivity contribution is 5.14. The van der Waals surface area contributed by atoms with E-state index in [0.717, 1.165) is 31.0 Å². The molecule has 0 aliphatic carbocycles.